The molecule has 0 spiro atoms. The van der Waals surface area contributed by atoms with Crippen LogP contribution >= 0.6 is 12.4 Å². The van der Waals surface area contributed by atoms with Gasteiger partial charge in [0.1, 0.15) is 0 Å². The maximum absolute atomic E-state index is 10.3. The van der Waals surface area contributed by atoms with Crippen molar-refractivity contribution in [1.82, 2.24) is 5.32 Å². The van der Waals surface area contributed by atoms with Gasteiger partial charge in [-0.1, -0.05) is 12.1 Å². The number of para-hydroxylation sites is 1. The summed E-state index contributed by atoms with van der Waals surface area (Å²) in [6.07, 6.45) is 0. The largest absolute Gasteiger partial charge is 0.493 e. The Bertz CT molecular complexity index is 370. The SMILES string of the molecule is COc1cccc(CNCC(=O)O)c1OC.Cl. The first-order chi connectivity index (χ1) is 7.69. The Kier molecular flexibility index (Phi) is 7.09. The van der Waals surface area contributed by atoms with Crippen molar-refractivity contribution >= 4 is 18.4 Å². The van der Waals surface area contributed by atoms with Gasteiger partial charge >= 0.3 is 5.97 Å². The number of halogens is 1. The van der Waals surface area contributed by atoms with Crippen molar-refractivity contribution in [3.63, 3.8) is 0 Å². The van der Waals surface area contributed by atoms with Crippen LogP contribution in [0.3, 0.4) is 0 Å². The highest BCUT2D eigenvalue weighted by Gasteiger charge is 2.08. The predicted octanol–water partition coefficient (Wildman–Crippen LogP) is 1.30. The number of aliphatic carboxylic acids is 1. The summed E-state index contributed by atoms with van der Waals surface area (Å²) in [7, 11) is 3.12. The van der Waals surface area contributed by atoms with Gasteiger partial charge in [0, 0.05) is 12.1 Å². The molecule has 0 bridgehead atoms. The van der Waals surface area contributed by atoms with Crippen LogP contribution < -0.4 is 14.8 Å². The number of carbonyl (C=O) groups is 1. The first-order valence-electron chi connectivity index (χ1n) is 4.81. The molecule has 96 valence electrons. The quantitative estimate of drug-likeness (QED) is 0.808. The van der Waals surface area contributed by atoms with Gasteiger partial charge in [-0.2, -0.15) is 0 Å². The van der Waals surface area contributed by atoms with Crippen molar-refractivity contribution in [2.75, 3.05) is 20.8 Å². The summed E-state index contributed by atoms with van der Waals surface area (Å²) in [4.78, 5) is 10.3. The second-order valence-electron chi connectivity index (χ2n) is 3.15. The molecule has 0 fully saturated rings. The molecule has 0 saturated heterocycles. The van der Waals surface area contributed by atoms with E-state index in [-0.39, 0.29) is 19.0 Å². The lowest BCUT2D eigenvalue weighted by atomic mass is 10.2. The Hall–Kier alpha value is -1.46. The molecule has 0 atom stereocenters. The second kappa shape index (κ2) is 7.76. The predicted molar refractivity (Wildman–Crippen MR) is 66.1 cm³/mol. The molecule has 5 nitrogen and oxygen atoms in total. The van der Waals surface area contributed by atoms with Crippen LogP contribution in [0, 0.1) is 0 Å². The summed E-state index contributed by atoms with van der Waals surface area (Å²) in [5.41, 5.74) is 0.864. The fourth-order valence-corrected chi connectivity index (χ4v) is 1.40. The molecule has 0 aliphatic rings. The smallest absolute Gasteiger partial charge is 0.317 e. The molecule has 6 heteroatoms. The van der Waals surface area contributed by atoms with E-state index in [0.29, 0.717) is 18.0 Å². The summed E-state index contributed by atoms with van der Waals surface area (Å²) in [5.74, 6) is 0.377. The van der Waals surface area contributed by atoms with E-state index >= 15 is 0 Å². The van der Waals surface area contributed by atoms with Crippen LogP contribution in [0.1, 0.15) is 5.56 Å². The van der Waals surface area contributed by atoms with Gasteiger partial charge in [-0.25, -0.2) is 0 Å². The summed E-state index contributed by atoms with van der Waals surface area (Å²) in [6, 6.07) is 5.48. The molecule has 17 heavy (non-hydrogen) atoms. The average molecular weight is 262 g/mol. The van der Waals surface area contributed by atoms with E-state index in [1.54, 1.807) is 20.3 Å². The minimum absolute atomic E-state index is 0. The molecule has 1 rings (SSSR count). The van der Waals surface area contributed by atoms with Gasteiger partial charge in [0.2, 0.25) is 0 Å². The summed E-state index contributed by atoms with van der Waals surface area (Å²) in [5, 5.41) is 11.3. The molecular weight excluding hydrogens is 246 g/mol. The van der Waals surface area contributed by atoms with E-state index in [1.165, 1.54) is 0 Å². The molecule has 0 saturated carbocycles. The van der Waals surface area contributed by atoms with E-state index in [9.17, 15) is 4.79 Å². The first-order valence-corrected chi connectivity index (χ1v) is 4.81. The zero-order valence-corrected chi connectivity index (χ0v) is 10.5. The van der Waals surface area contributed by atoms with Gasteiger partial charge < -0.3 is 19.9 Å². The third-order valence-corrected chi connectivity index (χ3v) is 2.08. The van der Waals surface area contributed by atoms with Crippen LogP contribution in [-0.2, 0) is 11.3 Å². The molecule has 0 heterocycles. The second-order valence-corrected chi connectivity index (χ2v) is 3.15. The number of rotatable bonds is 6. The van der Waals surface area contributed by atoms with Crippen LogP contribution in [-0.4, -0.2) is 31.8 Å². The highest BCUT2D eigenvalue weighted by molar-refractivity contribution is 5.85. The number of hydrogen-bond acceptors (Lipinski definition) is 4. The highest BCUT2D eigenvalue weighted by Crippen LogP contribution is 2.30. The fraction of sp³-hybridized carbons (Fsp3) is 0.364. The van der Waals surface area contributed by atoms with E-state index in [4.69, 9.17) is 14.6 Å². The molecule has 0 aliphatic heterocycles. The molecule has 0 radical (unpaired) electrons. The van der Waals surface area contributed by atoms with Crippen LogP contribution in [0.15, 0.2) is 18.2 Å². The molecular formula is C11H16ClNO4. The summed E-state index contributed by atoms with van der Waals surface area (Å²) >= 11 is 0. The van der Waals surface area contributed by atoms with Gasteiger partial charge in [0.05, 0.1) is 20.8 Å². The zero-order valence-electron chi connectivity index (χ0n) is 9.73. The Morgan fingerprint density at radius 3 is 2.59 bits per heavy atom. The van der Waals surface area contributed by atoms with Gasteiger partial charge in [0.15, 0.2) is 11.5 Å². The maximum atomic E-state index is 10.3. The number of carboxylic acids is 1. The lowest BCUT2D eigenvalue weighted by Gasteiger charge is -2.12. The van der Waals surface area contributed by atoms with E-state index in [0.717, 1.165) is 5.56 Å². The Labute approximate surface area is 106 Å². The average Bonchev–Trinajstić information content (AvgIpc) is 2.28. The number of methoxy groups -OCH3 is 2. The zero-order chi connectivity index (χ0) is 12.0. The minimum Gasteiger partial charge on any atom is -0.493 e. The van der Waals surface area contributed by atoms with Crippen molar-refractivity contribution < 1.29 is 19.4 Å². The number of benzene rings is 1. The van der Waals surface area contributed by atoms with Gasteiger partial charge in [-0.15, -0.1) is 12.4 Å². The van der Waals surface area contributed by atoms with Gasteiger partial charge in [0.25, 0.3) is 0 Å². The third-order valence-electron chi connectivity index (χ3n) is 2.08. The summed E-state index contributed by atoms with van der Waals surface area (Å²) in [6.45, 7) is 0.340. The number of ether oxygens (including phenoxy) is 2. The normalized spacial score (nSPS) is 9.29. The van der Waals surface area contributed by atoms with E-state index in [2.05, 4.69) is 5.32 Å². The standard InChI is InChI=1S/C11H15NO4.ClH/c1-15-9-5-3-4-8(11(9)16-2)6-12-7-10(13)14;/h3-5,12H,6-7H2,1-2H3,(H,13,14);1H. The molecule has 1 aromatic carbocycles. The minimum atomic E-state index is -0.887. The lowest BCUT2D eigenvalue weighted by molar-refractivity contribution is -0.135. The van der Waals surface area contributed by atoms with Crippen LogP contribution in [0.4, 0.5) is 0 Å². The van der Waals surface area contributed by atoms with Crippen molar-refractivity contribution in [3.05, 3.63) is 23.8 Å². The highest BCUT2D eigenvalue weighted by atomic mass is 35.5. The van der Waals surface area contributed by atoms with E-state index in [1.807, 2.05) is 12.1 Å². The Balaban J connectivity index is 0.00000256. The number of carboxylic acid groups (broad SMARTS) is 1. The van der Waals surface area contributed by atoms with Crippen molar-refractivity contribution in [2.24, 2.45) is 0 Å². The number of hydrogen-bond donors (Lipinski definition) is 2. The van der Waals surface area contributed by atoms with Gasteiger partial charge in [-0.3, -0.25) is 4.79 Å². The molecule has 0 aromatic heterocycles. The van der Waals surface area contributed by atoms with Crippen molar-refractivity contribution in [2.45, 2.75) is 6.54 Å². The first kappa shape index (κ1) is 15.5. The van der Waals surface area contributed by atoms with Crippen LogP contribution in [0.5, 0.6) is 11.5 Å². The van der Waals surface area contributed by atoms with Gasteiger partial charge in [-0.05, 0) is 6.07 Å². The van der Waals surface area contributed by atoms with E-state index < -0.39 is 5.97 Å². The lowest BCUT2D eigenvalue weighted by Crippen LogP contribution is -2.22. The number of nitrogens with one attached hydrogen (secondary N) is 1. The fourth-order valence-electron chi connectivity index (χ4n) is 1.40. The molecule has 0 amide bonds. The van der Waals surface area contributed by atoms with Crippen LogP contribution in [0.25, 0.3) is 0 Å². The van der Waals surface area contributed by atoms with Crippen LogP contribution in [0.2, 0.25) is 0 Å². The summed E-state index contributed by atoms with van der Waals surface area (Å²) < 4.78 is 10.3. The van der Waals surface area contributed by atoms with Crippen molar-refractivity contribution in [3.8, 4) is 11.5 Å². The third kappa shape index (κ3) is 4.50. The monoisotopic (exact) mass is 261 g/mol. The van der Waals surface area contributed by atoms with Crippen molar-refractivity contribution in [1.29, 1.82) is 0 Å². The topological polar surface area (TPSA) is 67.8 Å². The molecule has 0 unspecified atom stereocenters. The molecule has 1 aromatic rings. The Morgan fingerprint density at radius 2 is 2.06 bits per heavy atom. The molecule has 2 N–H and O–H groups in total. The Morgan fingerprint density at radius 1 is 1.35 bits per heavy atom. The molecule has 0 aliphatic carbocycles. The maximum Gasteiger partial charge on any atom is 0.317 e.